The fourth-order valence-corrected chi connectivity index (χ4v) is 2.48. The van der Waals surface area contributed by atoms with Gasteiger partial charge in [-0.2, -0.15) is 0 Å². The maximum absolute atomic E-state index is 11.8. The summed E-state index contributed by atoms with van der Waals surface area (Å²) in [5.41, 5.74) is 0. The van der Waals surface area contributed by atoms with E-state index < -0.39 is 0 Å². The topological polar surface area (TPSA) is 45.2 Å². The van der Waals surface area contributed by atoms with Crippen LogP contribution >= 0.6 is 27.5 Å². The minimum absolute atomic E-state index is 0.100. The Bertz CT molecular complexity index is 421. The van der Waals surface area contributed by atoms with Crippen LogP contribution in [0.5, 0.6) is 0 Å². The zero-order valence-electron chi connectivity index (χ0n) is 9.25. The fourth-order valence-electron chi connectivity index (χ4n) is 1.78. The number of aromatic nitrogens is 1. The minimum Gasteiger partial charge on any atom is -0.360 e. The molecule has 0 aliphatic carbocycles. The van der Waals surface area contributed by atoms with Crippen LogP contribution in [-0.4, -0.2) is 35.4 Å². The van der Waals surface area contributed by atoms with Crippen LogP contribution in [0.15, 0.2) is 16.7 Å². The van der Waals surface area contributed by atoms with Gasteiger partial charge in [-0.3, -0.25) is 4.79 Å². The maximum atomic E-state index is 11.8. The summed E-state index contributed by atoms with van der Waals surface area (Å²) in [5.74, 6) is 0.644. The monoisotopic (exact) mass is 317 g/mol. The molecule has 1 aromatic rings. The van der Waals surface area contributed by atoms with Crippen molar-refractivity contribution in [3.63, 3.8) is 0 Å². The van der Waals surface area contributed by atoms with E-state index in [2.05, 4.69) is 26.2 Å². The summed E-state index contributed by atoms with van der Waals surface area (Å²) in [5, 5.41) is 3.47. The molecule has 0 spiro atoms. The molecule has 1 fully saturated rings. The zero-order valence-corrected chi connectivity index (χ0v) is 11.6. The molecule has 17 heavy (non-hydrogen) atoms. The Balaban J connectivity index is 1.90. The summed E-state index contributed by atoms with van der Waals surface area (Å²) in [6, 6.07) is 1.75. The smallest absolute Gasteiger partial charge is 0.241 e. The standard InChI is InChI=1S/C11H13BrClN3O/c12-8-5-9(13)11(14-6-8)15-7-10(17)16-3-1-2-4-16/h5-6H,1-4,7H2,(H,14,15). The first-order valence-corrected chi connectivity index (χ1v) is 6.66. The highest BCUT2D eigenvalue weighted by Crippen LogP contribution is 2.22. The van der Waals surface area contributed by atoms with Crippen LogP contribution in [0.25, 0.3) is 0 Å². The highest BCUT2D eigenvalue weighted by molar-refractivity contribution is 9.10. The first-order chi connectivity index (χ1) is 8.16. The third-order valence-electron chi connectivity index (χ3n) is 2.67. The molecule has 1 saturated heterocycles. The number of halogens is 2. The average Bonchev–Trinajstić information content (AvgIpc) is 2.81. The lowest BCUT2D eigenvalue weighted by atomic mass is 10.4. The quantitative estimate of drug-likeness (QED) is 0.931. The Labute approximate surface area is 113 Å². The summed E-state index contributed by atoms with van der Waals surface area (Å²) in [7, 11) is 0. The van der Waals surface area contributed by atoms with Crippen molar-refractivity contribution in [2.45, 2.75) is 12.8 Å². The third-order valence-corrected chi connectivity index (χ3v) is 3.40. The van der Waals surface area contributed by atoms with E-state index in [0.717, 1.165) is 30.4 Å². The van der Waals surface area contributed by atoms with E-state index in [-0.39, 0.29) is 12.5 Å². The Hall–Kier alpha value is -0.810. The number of carbonyl (C=O) groups is 1. The van der Waals surface area contributed by atoms with Crippen molar-refractivity contribution < 1.29 is 4.79 Å². The number of hydrogen-bond acceptors (Lipinski definition) is 3. The van der Waals surface area contributed by atoms with Gasteiger partial charge in [0, 0.05) is 23.8 Å². The van der Waals surface area contributed by atoms with Gasteiger partial charge < -0.3 is 10.2 Å². The van der Waals surface area contributed by atoms with Gasteiger partial charge in [-0.15, -0.1) is 0 Å². The Morgan fingerprint density at radius 1 is 1.53 bits per heavy atom. The van der Waals surface area contributed by atoms with Crippen LogP contribution in [0, 0.1) is 0 Å². The number of amides is 1. The molecule has 2 heterocycles. The van der Waals surface area contributed by atoms with Gasteiger partial charge in [0.2, 0.25) is 5.91 Å². The molecule has 1 aliphatic rings. The van der Waals surface area contributed by atoms with Crippen LogP contribution < -0.4 is 5.32 Å². The van der Waals surface area contributed by atoms with Crippen molar-refractivity contribution in [3.8, 4) is 0 Å². The largest absolute Gasteiger partial charge is 0.360 e. The molecule has 1 aromatic heterocycles. The van der Waals surface area contributed by atoms with Crippen molar-refractivity contribution >= 4 is 39.3 Å². The summed E-state index contributed by atoms with van der Waals surface area (Å²) in [6.07, 6.45) is 3.85. The first-order valence-electron chi connectivity index (χ1n) is 5.49. The van der Waals surface area contributed by atoms with E-state index in [1.165, 1.54) is 0 Å². The lowest BCUT2D eigenvalue weighted by Crippen LogP contribution is -2.33. The summed E-state index contributed by atoms with van der Waals surface area (Å²) in [4.78, 5) is 17.8. The number of likely N-dealkylation sites (tertiary alicyclic amines) is 1. The normalized spacial score (nSPS) is 15.1. The van der Waals surface area contributed by atoms with Crippen LogP contribution in [0.2, 0.25) is 5.02 Å². The van der Waals surface area contributed by atoms with Crippen LogP contribution in [0.4, 0.5) is 5.82 Å². The number of rotatable bonds is 3. The molecule has 0 unspecified atom stereocenters. The van der Waals surface area contributed by atoms with Crippen molar-refractivity contribution in [2.24, 2.45) is 0 Å². The molecule has 0 aromatic carbocycles. The van der Waals surface area contributed by atoms with Crippen molar-refractivity contribution in [1.82, 2.24) is 9.88 Å². The molecular weight excluding hydrogens is 305 g/mol. The summed E-state index contributed by atoms with van der Waals surface area (Å²) >= 11 is 9.27. The molecule has 0 atom stereocenters. The molecule has 2 rings (SSSR count). The second-order valence-electron chi connectivity index (χ2n) is 3.93. The Morgan fingerprint density at radius 3 is 2.88 bits per heavy atom. The second kappa shape index (κ2) is 5.69. The third kappa shape index (κ3) is 3.33. The molecule has 0 saturated carbocycles. The SMILES string of the molecule is O=C(CNc1ncc(Br)cc1Cl)N1CCCC1. The molecule has 1 N–H and O–H groups in total. The predicted molar refractivity (Wildman–Crippen MR) is 71.3 cm³/mol. The number of nitrogens with zero attached hydrogens (tertiary/aromatic N) is 2. The van der Waals surface area contributed by atoms with Gasteiger partial charge >= 0.3 is 0 Å². The maximum Gasteiger partial charge on any atom is 0.241 e. The number of nitrogens with one attached hydrogen (secondary N) is 1. The van der Waals surface area contributed by atoms with Crippen LogP contribution in [0.3, 0.4) is 0 Å². The molecule has 92 valence electrons. The Morgan fingerprint density at radius 2 is 2.24 bits per heavy atom. The van der Waals surface area contributed by atoms with Gasteiger partial charge in [0.15, 0.2) is 0 Å². The molecule has 0 radical (unpaired) electrons. The van der Waals surface area contributed by atoms with Crippen LogP contribution in [0.1, 0.15) is 12.8 Å². The predicted octanol–water partition coefficient (Wildman–Crippen LogP) is 2.53. The lowest BCUT2D eigenvalue weighted by molar-refractivity contribution is -0.128. The highest BCUT2D eigenvalue weighted by Gasteiger charge is 2.17. The van der Waals surface area contributed by atoms with Crippen LogP contribution in [-0.2, 0) is 4.79 Å². The number of hydrogen-bond donors (Lipinski definition) is 1. The lowest BCUT2D eigenvalue weighted by Gasteiger charge is -2.16. The molecular formula is C11H13BrClN3O. The first kappa shape index (κ1) is 12.6. The van der Waals surface area contributed by atoms with Gasteiger partial charge in [0.05, 0.1) is 11.6 Å². The van der Waals surface area contributed by atoms with E-state index in [0.29, 0.717) is 10.8 Å². The van der Waals surface area contributed by atoms with E-state index in [4.69, 9.17) is 11.6 Å². The number of pyridine rings is 1. The molecule has 1 aliphatic heterocycles. The fraction of sp³-hybridized carbons (Fsp3) is 0.455. The minimum atomic E-state index is 0.100. The number of carbonyl (C=O) groups excluding carboxylic acids is 1. The molecule has 0 bridgehead atoms. The Kier molecular flexibility index (Phi) is 4.23. The van der Waals surface area contributed by atoms with E-state index in [9.17, 15) is 4.79 Å². The van der Waals surface area contributed by atoms with E-state index in [1.807, 2.05) is 4.90 Å². The summed E-state index contributed by atoms with van der Waals surface area (Å²) in [6.45, 7) is 1.97. The molecule has 6 heteroatoms. The van der Waals surface area contributed by atoms with E-state index >= 15 is 0 Å². The zero-order chi connectivity index (χ0) is 12.3. The van der Waals surface area contributed by atoms with Gasteiger partial charge in [-0.25, -0.2) is 4.98 Å². The second-order valence-corrected chi connectivity index (χ2v) is 5.25. The summed E-state index contributed by atoms with van der Waals surface area (Å²) < 4.78 is 0.818. The molecule has 1 amide bonds. The highest BCUT2D eigenvalue weighted by atomic mass is 79.9. The van der Waals surface area contributed by atoms with Crippen molar-refractivity contribution in [3.05, 3.63) is 21.8 Å². The van der Waals surface area contributed by atoms with Crippen molar-refractivity contribution in [2.75, 3.05) is 25.0 Å². The van der Waals surface area contributed by atoms with Gasteiger partial charge in [-0.05, 0) is 34.8 Å². The average molecular weight is 319 g/mol. The van der Waals surface area contributed by atoms with E-state index in [1.54, 1.807) is 12.3 Å². The number of anilines is 1. The van der Waals surface area contributed by atoms with Crippen molar-refractivity contribution in [1.29, 1.82) is 0 Å². The van der Waals surface area contributed by atoms with Gasteiger partial charge in [-0.1, -0.05) is 11.6 Å². The molecule has 4 nitrogen and oxygen atoms in total. The van der Waals surface area contributed by atoms with Gasteiger partial charge in [0.25, 0.3) is 0 Å². The van der Waals surface area contributed by atoms with Gasteiger partial charge in [0.1, 0.15) is 5.82 Å².